The minimum absolute atomic E-state index is 1.08. The number of hydrogen-bond donors (Lipinski definition) is 0. The van der Waals surface area contributed by atoms with Crippen molar-refractivity contribution in [1.82, 2.24) is 0 Å². The van der Waals surface area contributed by atoms with E-state index in [-0.39, 0.29) is 0 Å². The smallest absolute Gasteiger partial charge is 0.0540 e. The van der Waals surface area contributed by atoms with Crippen LogP contribution in [-0.2, 0) is 0 Å². The molecule has 10 rings (SSSR count). The number of anilines is 6. The lowest BCUT2D eigenvalue weighted by atomic mass is 10.00. The minimum atomic E-state index is 1.08. The largest absolute Gasteiger partial charge is 0.310 e. The van der Waals surface area contributed by atoms with Gasteiger partial charge in [0.15, 0.2) is 0 Å². The molecule has 0 aliphatic rings. The van der Waals surface area contributed by atoms with E-state index in [1.807, 2.05) is 12.2 Å². The van der Waals surface area contributed by atoms with Crippen LogP contribution in [0.5, 0.6) is 0 Å². The summed E-state index contributed by atoms with van der Waals surface area (Å²) in [7, 11) is 0. The molecule has 0 heterocycles. The normalized spacial score (nSPS) is 11.0. The van der Waals surface area contributed by atoms with Crippen LogP contribution in [0.3, 0.4) is 0 Å². The third-order valence-electron chi connectivity index (χ3n) is 11.7. The summed E-state index contributed by atoms with van der Waals surface area (Å²) in [5.74, 6) is 0. The molecule has 0 radical (unpaired) electrons. The van der Waals surface area contributed by atoms with Gasteiger partial charge in [-0.15, -0.1) is 0 Å². The Balaban J connectivity index is 1.03. The van der Waals surface area contributed by atoms with Crippen LogP contribution in [0.15, 0.2) is 244 Å². The van der Waals surface area contributed by atoms with E-state index >= 15 is 0 Å². The molecule has 0 saturated heterocycles. The lowest BCUT2D eigenvalue weighted by Crippen LogP contribution is -2.11. The van der Waals surface area contributed by atoms with Crippen LogP contribution in [0.2, 0.25) is 0 Å². The van der Waals surface area contributed by atoms with E-state index in [9.17, 15) is 0 Å². The van der Waals surface area contributed by atoms with Gasteiger partial charge >= 0.3 is 0 Å². The topological polar surface area (TPSA) is 6.48 Å². The van der Waals surface area contributed by atoms with Gasteiger partial charge in [-0.3, -0.25) is 0 Å². The summed E-state index contributed by atoms with van der Waals surface area (Å²) < 4.78 is 0. The summed E-state index contributed by atoms with van der Waals surface area (Å²) >= 11 is 0. The van der Waals surface area contributed by atoms with E-state index in [2.05, 4.69) is 253 Å². The Morgan fingerprint density at radius 1 is 0.274 bits per heavy atom. The molecule has 62 heavy (non-hydrogen) atoms. The standard InChI is InChI=1S/C60H44N2/c1-3-43-15-9-21-49(39-43)51-23-11-25-55(41-51)61(59-29-13-19-47-17-5-7-27-57(47)59)53-35-31-45(32-36-53)46-33-37-54(38-34-46)62(60-30-14-20-48-18-6-8-28-58(48)60)56-26-12-24-52(42-56)50-22-10-16-44(4-2)40-50/h3-42H,1-2H2. The van der Waals surface area contributed by atoms with E-state index in [1.54, 1.807) is 0 Å². The fourth-order valence-corrected chi connectivity index (χ4v) is 8.61. The molecule has 0 saturated carbocycles. The van der Waals surface area contributed by atoms with Gasteiger partial charge in [0.2, 0.25) is 0 Å². The molecule has 0 aliphatic heterocycles. The highest BCUT2D eigenvalue weighted by molar-refractivity contribution is 6.01. The zero-order valence-corrected chi connectivity index (χ0v) is 34.4. The molecule has 2 heteroatoms. The average Bonchev–Trinajstić information content (AvgIpc) is 3.35. The van der Waals surface area contributed by atoms with Crippen molar-refractivity contribution in [3.8, 4) is 33.4 Å². The first-order valence-electron chi connectivity index (χ1n) is 21.1. The van der Waals surface area contributed by atoms with Crippen LogP contribution in [0.1, 0.15) is 11.1 Å². The Bertz CT molecular complexity index is 3000. The van der Waals surface area contributed by atoms with Crippen molar-refractivity contribution >= 4 is 67.8 Å². The van der Waals surface area contributed by atoms with Crippen molar-refractivity contribution in [2.45, 2.75) is 0 Å². The molecule has 0 atom stereocenters. The van der Waals surface area contributed by atoms with Gasteiger partial charge in [0, 0.05) is 33.5 Å². The van der Waals surface area contributed by atoms with Gasteiger partial charge in [-0.1, -0.05) is 183 Å². The first kappa shape index (κ1) is 38.0. The second kappa shape index (κ2) is 16.8. The van der Waals surface area contributed by atoms with E-state index in [4.69, 9.17) is 0 Å². The Hall–Kier alpha value is -8.20. The van der Waals surface area contributed by atoms with Crippen LogP contribution in [0.4, 0.5) is 34.1 Å². The van der Waals surface area contributed by atoms with Crippen molar-refractivity contribution in [3.05, 3.63) is 255 Å². The lowest BCUT2D eigenvalue weighted by molar-refractivity contribution is 1.29. The molecule has 10 aromatic rings. The highest BCUT2D eigenvalue weighted by Gasteiger charge is 2.19. The quantitative estimate of drug-likeness (QED) is 0.129. The first-order chi connectivity index (χ1) is 30.6. The molecule has 2 nitrogen and oxygen atoms in total. The third-order valence-corrected chi connectivity index (χ3v) is 11.7. The van der Waals surface area contributed by atoms with E-state index in [0.717, 1.165) is 78.6 Å². The molecule has 0 fully saturated rings. The summed E-state index contributed by atoms with van der Waals surface area (Å²) in [4.78, 5) is 4.75. The molecule has 0 spiro atoms. The van der Waals surface area contributed by atoms with Crippen molar-refractivity contribution < 1.29 is 0 Å². The Morgan fingerprint density at radius 2 is 0.629 bits per heavy atom. The molecule has 0 unspecified atom stereocenters. The maximum atomic E-state index is 4.00. The highest BCUT2D eigenvalue weighted by Crippen LogP contribution is 2.43. The predicted octanol–water partition coefficient (Wildman–Crippen LogP) is 17.2. The first-order valence-corrected chi connectivity index (χ1v) is 21.1. The number of fused-ring (bicyclic) bond motifs is 2. The van der Waals surface area contributed by atoms with Gasteiger partial charge in [0.25, 0.3) is 0 Å². The van der Waals surface area contributed by atoms with Crippen molar-refractivity contribution in [2.24, 2.45) is 0 Å². The molecule has 0 N–H and O–H groups in total. The number of benzene rings is 10. The molecule has 0 aliphatic carbocycles. The predicted molar refractivity (Wildman–Crippen MR) is 267 cm³/mol. The lowest BCUT2D eigenvalue weighted by Gasteiger charge is -2.28. The van der Waals surface area contributed by atoms with Gasteiger partial charge in [-0.05, 0) is 128 Å². The Morgan fingerprint density at radius 3 is 1.05 bits per heavy atom. The van der Waals surface area contributed by atoms with Gasteiger partial charge in [0.1, 0.15) is 0 Å². The average molecular weight is 793 g/mol. The van der Waals surface area contributed by atoms with E-state index < -0.39 is 0 Å². The summed E-state index contributed by atoms with van der Waals surface area (Å²) in [5.41, 5.74) is 15.7. The van der Waals surface area contributed by atoms with Crippen molar-refractivity contribution in [1.29, 1.82) is 0 Å². The van der Waals surface area contributed by atoms with Crippen LogP contribution < -0.4 is 9.80 Å². The highest BCUT2D eigenvalue weighted by atomic mass is 15.1. The number of hydrogen-bond acceptors (Lipinski definition) is 2. The van der Waals surface area contributed by atoms with Crippen LogP contribution in [0.25, 0.3) is 67.1 Å². The Labute approximate surface area is 364 Å². The van der Waals surface area contributed by atoms with Gasteiger partial charge < -0.3 is 9.80 Å². The fraction of sp³-hybridized carbons (Fsp3) is 0. The second-order valence-corrected chi connectivity index (χ2v) is 15.5. The van der Waals surface area contributed by atoms with Crippen LogP contribution in [0, 0.1) is 0 Å². The van der Waals surface area contributed by atoms with Crippen LogP contribution in [-0.4, -0.2) is 0 Å². The molecule has 10 aromatic carbocycles. The molecule has 294 valence electrons. The molecule has 0 amide bonds. The second-order valence-electron chi connectivity index (χ2n) is 15.5. The molecular formula is C60H44N2. The number of rotatable bonds is 11. The summed E-state index contributed by atoms with van der Waals surface area (Å²) in [6, 6.07) is 82.9. The van der Waals surface area contributed by atoms with Crippen molar-refractivity contribution in [2.75, 3.05) is 9.80 Å². The summed E-state index contributed by atoms with van der Waals surface area (Å²) in [6.45, 7) is 8.00. The fourth-order valence-electron chi connectivity index (χ4n) is 8.61. The molecule has 0 aromatic heterocycles. The minimum Gasteiger partial charge on any atom is -0.310 e. The van der Waals surface area contributed by atoms with Gasteiger partial charge in [0.05, 0.1) is 11.4 Å². The van der Waals surface area contributed by atoms with E-state index in [1.165, 1.54) is 21.5 Å². The summed E-state index contributed by atoms with van der Waals surface area (Å²) in [5, 5.41) is 4.79. The number of nitrogens with zero attached hydrogens (tertiary/aromatic N) is 2. The maximum absolute atomic E-state index is 4.00. The Kier molecular flexibility index (Phi) is 10.3. The maximum Gasteiger partial charge on any atom is 0.0540 e. The third kappa shape index (κ3) is 7.47. The molecule has 0 bridgehead atoms. The van der Waals surface area contributed by atoms with E-state index in [0.29, 0.717) is 0 Å². The van der Waals surface area contributed by atoms with Crippen LogP contribution >= 0.6 is 0 Å². The molecular weight excluding hydrogens is 749 g/mol. The zero-order valence-electron chi connectivity index (χ0n) is 34.4. The monoisotopic (exact) mass is 792 g/mol. The SMILES string of the molecule is C=Cc1cccc(-c2cccc(N(c3ccc(-c4ccc(N(c5cccc(-c6cccc(C=C)c6)c5)c5cccc6ccccc56)cc4)cc3)c3cccc4ccccc34)c2)c1. The summed E-state index contributed by atoms with van der Waals surface area (Å²) in [6.07, 6.45) is 3.80. The van der Waals surface area contributed by atoms with Gasteiger partial charge in [-0.25, -0.2) is 0 Å². The van der Waals surface area contributed by atoms with Crippen molar-refractivity contribution in [3.63, 3.8) is 0 Å². The zero-order chi connectivity index (χ0) is 41.8. The van der Waals surface area contributed by atoms with Gasteiger partial charge in [-0.2, -0.15) is 0 Å².